The molecule has 0 aliphatic heterocycles. The molecule has 0 bridgehead atoms. The van der Waals surface area contributed by atoms with E-state index in [0.717, 1.165) is 10.3 Å². The third kappa shape index (κ3) is 6.92. The van der Waals surface area contributed by atoms with Gasteiger partial charge in [-0.2, -0.15) is 0 Å². The monoisotopic (exact) mass is 311 g/mol. The van der Waals surface area contributed by atoms with Gasteiger partial charge in [0.05, 0.1) is 0 Å². The van der Waals surface area contributed by atoms with E-state index in [2.05, 4.69) is 0 Å². The van der Waals surface area contributed by atoms with E-state index in [9.17, 15) is 14.8 Å². The lowest BCUT2D eigenvalue weighted by Gasteiger charge is -2.26. The van der Waals surface area contributed by atoms with Gasteiger partial charge in [0.25, 0.3) is 0 Å². The van der Waals surface area contributed by atoms with E-state index in [-0.39, 0.29) is 6.54 Å². The number of rotatable bonds is 6. The molecule has 7 heteroatoms. The van der Waals surface area contributed by atoms with E-state index in [1.165, 1.54) is 11.1 Å². The highest BCUT2D eigenvalue weighted by molar-refractivity contribution is 5.76. The highest BCUT2D eigenvalue weighted by Gasteiger charge is 2.23. The minimum Gasteiger partial charge on any atom is -0.480 e. The highest BCUT2D eigenvalue weighted by atomic mass is 16.6. The first kappa shape index (κ1) is 17.7. The van der Waals surface area contributed by atoms with Gasteiger partial charge in [-0.3, -0.25) is 14.9 Å². The fourth-order valence-electron chi connectivity index (χ4n) is 1.86. The van der Waals surface area contributed by atoms with Crippen molar-refractivity contribution in [2.45, 2.75) is 39.2 Å². The zero-order valence-corrected chi connectivity index (χ0v) is 13.2. The van der Waals surface area contributed by atoms with Gasteiger partial charge in [-0.05, 0) is 39.7 Å². The average Bonchev–Trinajstić information content (AvgIpc) is 2.35. The number of carbonyl (C=O) groups excluding carboxylic acids is 1. The smallest absolute Gasteiger partial charge is 0.410 e. The topological polar surface area (TPSA) is 91.0 Å². The van der Waals surface area contributed by atoms with Gasteiger partial charge in [-0.15, -0.1) is 0 Å². The van der Waals surface area contributed by atoms with Gasteiger partial charge >= 0.3 is 12.1 Å². The Labute approximate surface area is 129 Å². The number of aryl methyl sites for hydroxylation is 1. The van der Waals surface area contributed by atoms with Crippen LogP contribution >= 0.6 is 0 Å². The molecule has 0 fully saturated rings. The van der Waals surface area contributed by atoms with Gasteiger partial charge in [-0.25, -0.2) is 4.79 Å². The van der Waals surface area contributed by atoms with Crippen LogP contribution in [-0.2, 0) is 16.0 Å². The Kier molecular flexibility index (Phi) is 6.15. The zero-order valence-electron chi connectivity index (χ0n) is 13.2. The Balaban J connectivity index is 2.58. The predicted molar refractivity (Wildman–Crippen MR) is 77.6 cm³/mol. The number of hydrogen-bond acceptors (Lipinski definition) is 4. The van der Waals surface area contributed by atoms with Gasteiger partial charge in [0.15, 0.2) is 0 Å². The summed E-state index contributed by atoms with van der Waals surface area (Å²) in [4.78, 5) is 24.0. The quantitative estimate of drug-likeness (QED) is 0.613. The second-order valence-electron chi connectivity index (χ2n) is 5.99. The van der Waals surface area contributed by atoms with E-state index < -0.39 is 24.2 Å². The Morgan fingerprint density at radius 3 is 2.59 bits per heavy atom. The number of carboxylic acids is 1. The summed E-state index contributed by atoms with van der Waals surface area (Å²) in [6.07, 6.45) is 3.60. The molecule has 0 saturated carbocycles. The number of ether oxygens (including phenoxy) is 1. The molecule has 0 radical (unpaired) electrons. The first-order valence-corrected chi connectivity index (χ1v) is 7.06. The van der Waals surface area contributed by atoms with Gasteiger partial charge in [0.2, 0.25) is 12.4 Å². The van der Waals surface area contributed by atoms with Gasteiger partial charge in [-0.1, -0.05) is 0 Å². The average molecular weight is 311 g/mol. The molecule has 22 heavy (non-hydrogen) atoms. The fourth-order valence-corrected chi connectivity index (χ4v) is 1.86. The number of carbonyl (C=O) groups is 2. The van der Waals surface area contributed by atoms with Gasteiger partial charge in [0, 0.05) is 22.9 Å². The van der Waals surface area contributed by atoms with Crippen LogP contribution in [0.2, 0.25) is 0 Å². The van der Waals surface area contributed by atoms with E-state index in [4.69, 9.17) is 9.84 Å². The lowest BCUT2D eigenvalue weighted by molar-refractivity contribution is -0.905. The molecular weight excluding hydrogens is 288 g/mol. The molecule has 1 aromatic heterocycles. The molecule has 0 spiro atoms. The normalized spacial score (nSPS) is 11.0. The molecule has 0 aliphatic rings. The number of amides is 1. The maximum Gasteiger partial charge on any atom is 0.410 e. The van der Waals surface area contributed by atoms with Crippen LogP contribution in [0.25, 0.3) is 0 Å². The lowest BCUT2D eigenvalue weighted by Crippen LogP contribution is -2.40. The Morgan fingerprint density at radius 2 is 2.05 bits per heavy atom. The summed E-state index contributed by atoms with van der Waals surface area (Å²) in [7, 11) is 0. The number of pyridine rings is 1. The SMILES string of the molecule is CC(C)(C)OC(=O)N(CCCc1ccc[n+](O)c1)CC(=O)O. The number of hydrogen-bond donors (Lipinski definition) is 2. The molecule has 2 N–H and O–H groups in total. The van der Waals surface area contributed by atoms with Gasteiger partial charge < -0.3 is 9.84 Å². The van der Waals surface area contributed by atoms with Crippen molar-refractivity contribution >= 4 is 12.1 Å². The third-order valence-electron chi connectivity index (χ3n) is 2.72. The molecule has 7 nitrogen and oxygen atoms in total. The molecule has 1 rings (SSSR count). The zero-order chi connectivity index (χ0) is 16.8. The molecule has 122 valence electrons. The fraction of sp³-hybridized carbons (Fsp3) is 0.533. The number of aliphatic carboxylic acids is 1. The standard InChI is InChI=1S/C15H22N2O5/c1-15(2,3)22-14(20)16(11-13(18)19)8-4-6-12-7-5-9-17(21)10-12/h5,7,9-10H,4,6,8,11H2,1-3H3,(H-,18,19,21)/p+1. The van der Waals surface area contributed by atoms with Crippen LogP contribution in [0.15, 0.2) is 24.5 Å². The van der Waals surface area contributed by atoms with Crippen molar-refractivity contribution in [1.29, 1.82) is 0 Å². The number of nitrogens with zero attached hydrogens (tertiary/aromatic N) is 2. The van der Waals surface area contributed by atoms with Crippen molar-refractivity contribution in [1.82, 2.24) is 4.90 Å². The maximum absolute atomic E-state index is 12.0. The summed E-state index contributed by atoms with van der Waals surface area (Å²) < 4.78 is 6.16. The predicted octanol–water partition coefficient (Wildman–Crippen LogP) is 1.47. The van der Waals surface area contributed by atoms with E-state index >= 15 is 0 Å². The molecule has 1 aromatic rings. The summed E-state index contributed by atoms with van der Waals surface area (Å²) >= 11 is 0. The van der Waals surface area contributed by atoms with Crippen LogP contribution in [0.5, 0.6) is 0 Å². The van der Waals surface area contributed by atoms with Crippen LogP contribution in [0.1, 0.15) is 32.8 Å². The summed E-state index contributed by atoms with van der Waals surface area (Å²) in [5.41, 5.74) is 0.222. The van der Waals surface area contributed by atoms with Crippen LogP contribution in [0.4, 0.5) is 4.79 Å². The Hall–Kier alpha value is -2.31. The van der Waals surface area contributed by atoms with Gasteiger partial charge in [0.1, 0.15) is 12.1 Å². The summed E-state index contributed by atoms with van der Waals surface area (Å²) in [6, 6.07) is 3.56. The largest absolute Gasteiger partial charge is 0.480 e. The minimum absolute atomic E-state index is 0.265. The highest BCUT2D eigenvalue weighted by Crippen LogP contribution is 2.11. The molecular formula is C15H23N2O5+. The summed E-state index contributed by atoms with van der Waals surface area (Å²) in [5.74, 6) is -1.08. The lowest BCUT2D eigenvalue weighted by atomic mass is 10.1. The molecule has 0 saturated heterocycles. The van der Waals surface area contributed by atoms with Crippen molar-refractivity contribution < 1.29 is 29.4 Å². The minimum atomic E-state index is -1.08. The first-order valence-electron chi connectivity index (χ1n) is 7.06. The molecule has 0 aromatic carbocycles. The number of carboxylic acid groups (broad SMARTS) is 1. The summed E-state index contributed by atoms with van der Waals surface area (Å²) in [5, 5.41) is 18.2. The van der Waals surface area contributed by atoms with Crippen LogP contribution in [0.3, 0.4) is 0 Å². The summed E-state index contributed by atoms with van der Waals surface area (Å²) in [6.45, 7) is 5.06. The Bertz CT molecular complexity index is 525. The van der Waals surface area contributed by atoms with Crippen LogP contribution in [0, 0.1) is 0 Å². The third-order valence-corrected chi connectivity index (χ3v) is 2.72. The number of aromatic nitrogens is 1. The second kappa shape index (κ2) is 7.63. The van der Waals surface area contributed by atoms with Crippen molar-refractivity contribution in [3.8, 4) is 0 Å². The van der Waals surface area contributed by atoms with Crippen molar-refractivity contribution in [3.05, 3.63) is 30.1 Å². The van der Waals surface area contributed by atoms with E-state index in [1.807, 2.05) is 6.07 Å². The van der Waals surface area contributed by atoms with Crippen molar-refractivity contribution in [2.75, 3.05) is 13.1 Å². The van der Waals surface area contributed by atoms with E-state index in [0.29, 0.717) is 12.8 Å². The molecule has 0 unspecified atom stereocenters. The van der Waals surface area contributed by atoms with Crippen molar-refractivity contribution in [3.63, 3.8) is 0 Å². The van der Waals surface area contributed by atoms with Crippen molar-refractivity contribution in [2.24, 2.45) is 0 Å². The molecule has 0 aliphatic carbocycles. The first-order chi connectivity index (χ1) is 10.2. The molecule has 1 amide bonds. The maximum atomic E-state index is 12.0. The Morgan fingerprint density at radius 1 is 1.36 bits per heavy atom. The molecule has 0 atom stereocenters. The van der Waals surface area contributed by atoms with Crippen LogP contribution < -0.4 is 4.73 Å². The molecule has 1 heterocycles. The second-order valence-corrected chi connectivity index (χ2v) is 5.99. The van der Waals surface area contributed by atoms with E-state index in [1.54, 1.807) is 33.0 Å². The van der Waals surface area contributed by atoms with Crippen LogP contribution in [-0.4, -0.2) is 46.0 Å².